The molecule has 1 amide bonds. The highest BCUT2D eigenvalue weighted by atomic mass is 32.2. The van der Waals surface area contributed by atoms with Crippen molar-refractivity contribution < 1.29 is 27.1 Å². The molecule has 0 aliphatic carbocycles. The molecule has 2 heterocycles. The Morgan fingerprint density at radius 1 is 0.968 bits per heavy atom. The molecule has 0 spiro atoms. The van der Waals surface area contributed by atoms with E-state index in [1.807, 2.05) is 0 Å². The zero-order valence-corrected chi connectivity index (χ0v) is 18.6. The SMILES string of the molecule is COc1ccc(S(=O)(=O)N2CCN(C(=O)c3cc4cc(F)ccc4s3)CC2)cc1OC. The van der Waals surface area contributed by atoms with Crippen molar-refractivity contribution in [3.8, 4) is 11.5 Å². The fraction of sp³-hybridized carbons (Fsp3) is 0.286. The highest BCUT2D eigenvalue weighted by Crippen LogP contribution is 2.31. The van der Waals surface area contributed by atoms with E-state index in [2.05, 4.69) is 0 Å². The van der Waals surface area contributed by atoms with Crippen molar-refractivity contribution in [2.45, 2.75) is 4.90 Å². The molecule has 7 nitrogen and oxygen atoms in total. The smallest absolute Gasteiger partial charge is 0.264 e. The van der Waals surface area contributed by atoms with Crippen LogP contribution in [0.1, 0.15) is 9.67 Å². The number of fused-ring (bicyclic) bond motifs is 1. The summed E-state index contributed by atoms with van der Waals surface area (Å²) in [4.78, 5) is 15.1. The van der Waals surface area contributed by atoms with Gasteiger partial charge in [-0.25, -0.2) is 12.8 Å². The number of piperazine rings is 1. The van der Waals surface area contributed by atoms with Gasteiger partial charge in [0.1, 0.15) is 5.82 Å². The summed E-state index contributed by atoms with van der Waals surface area (Å²) >= 11 is 1.30. The van der Waals surface area contributed by atoms with Crippen molar-refractivity contribution in [2.75, 3.05) is 40.4 Å². The average molecular weight is 465 g/mol. The van der Waals surface area contributed by atoms with Crippen molar-refractivity contribution in [1.29, 1.82) is 0 Å². The second kappa shape index (κ2) is 8.45. The highest BCUT2D eigenvalue weighted by Gasteiger charge is 2.31. The summed E-state index contributed by atoms with van der Waals surface area (Å²) < 4.78 is 52.1. The number of carbonyl (C=O) groups is 1. The van der Waals surface area contributed by atoms with Crippen LogP contribution >= 0.6 is 11.3 Å². The topological polar surface area (TPSA) is 76.2 Å². The number of rotatable bonds is 5. The minimum absolute atomic E-state index is 0.108. The second-order valence-corrected chi connectivity index (χ2v) is 10.0. The van der Waals surface area contributed by atoms with Crippen LogP contribution in [0.5, 0.6) is 11.5 Å². The summed E-state index contributed by atoms with van der Waals surface area (Å²) in [7, 11) is -0.811. The van der Waals surface area contributed by atoms with Gasteiger partial charge in [-0.1, -0.05) is 0 Å². The number of nitrogens with zero attached hydrogens (tertiary/aromatic N) is 2. The van der Waals surface area contributed by atoms with Gasteiger partial charge in [0.05, 0.1) is 24.0 Å². The van der Waals surface area contributed by atoms with Gasteiger partial charge in [-0.05, 0) is 41.8 Å². The number of halogens is 1. The summed E-state index contributed by atoms with van der Waals surface area (Å²) in [5, 5.41) is 0.683. The Morgan fingerprint density at radius 2 is 1.68 bits per heavy atom. The third-order valence-corrected chi connectivity index (χ3v) is 8.21. The molecule has 3 aromatic rings. The molecule has 31 heavy (non-hydrogen) atoms. The van der Waals surface area contributed by atoms with Crippen molar-refractivity contribution >= 4 is 37.4 Å². The number of thiophene rings is 1. The molecule has 0 saturated carbocycles. The quantitative estimate of drug-likeness (QED) is 0.580. The van der Waals surface area contributed by atoms with Gasteiger partial charge in [0.15, 0.2) is 11.5 Å². The summed E-state index contributed by atoms with van der Waals surface area (Å²) in [6.07, 6.45) is 0. The Balaban J connectivity index is 1.47. The highest BCUT2D eigenvalue weighted by molar-refractivity contribution is 7.89. The van der Waals surface area contributed by atoms with E-state index < -0.39 is 10.0 Å². The first-order valence-electron chi connectivity index (χ1n) is 9.54. The van der Waals surface area contributed by atoms with E-state index in [4.69, 9.17) is 9.47 Å². The molecule has 1 aliphatic heterocycles. The van der Waals surface area contributed by atoms with Gasteiger partial charge in [-0.2, -0.15) is 4.31 Å². The molecule has 1 aliphatic rings. The fourth-order valence-electron chi connectivity index (χ4n) is 3.53. The van der Waals surface area contributed by atoms with E-state index in [0.29, 0.717) is 21.8 Å². The van der Waals surface area contributed by atoms with E-state index in [1.165, 1.54) is 54.1 Å². The maximum absolute atomic E-state index is 13.4. The molecule has 0 unspecified atom stereocenters. The maximum Gasteiger partial charge on any atom is 0.264 e. The van der Waals surface area contributed by atoms with Crippen LogP contribution in [0, 0.1) is 5.82 Å². The molecule has 1 fully saturated rings. The number of carbonyl (C=O) groups excluding carboxylic acids is 1. The summed E-state index contributed by atoms with van der Waals surface area (Å²) in [6.45, 7) is 0.909. The number of hydrogen-bond acceptors (Lipinski definition) is 6. The zero-order chi connectivity index (χ0) is 22.2. The molecule has 1 saturated heterocycles. The molecule has 10 heteroatoms. The van der Waals surface area contributed by atoms with Crippen LogP contribution in [-0.2, 0) is 10.0 Å². The van der Waals surface area contributed by atoms with Crippen LogP contribution in [0.4, 0.5) is 4.39 Å². The molecule has 1 aromatic heterocycles. The molecular weight excluding hydrogens is 443 g/mol. The largest absolute Gasteiger partial charge is 0.493 e. The Morgan fingerprint density at radius 3 is 2.35 bits per heavy atom. The van der Waals surface area contributed by atoms with Crippen LogP contribution in [0.25, 0.3) is 10.1 Å². The molecule has 0 radical (unpaired) electrons. The molecule has 164 valence electrons. The Labute approximate surface area is 183 Å². The summed E-state index contributed by atoms with van der Waals surface area (Å²) in [6, 6.07) is 10.6. The van der Waals surface area contributed by atoms with Gasteiger partial charge in [-0.15, -0.1) is 11.3 Å². The van der Waals surface area contributed by atoms with E-state index in [1.54, 1.807) is 23.1 Å². The van der Waals surface area contributed by atoms with Gasteiger partial charge in [0.25, 0.3) is 5.91 Å². The van der Waals surface area contributed by atoms with Gasteiger partial charge in [-0.3, -0.25) is 4.79 Å². The Kier molecular flexibility index (Phi) is 5.87. The number of hydrogen-bond donors (Lipinski definition) is 0. The summed E-state index contributed by atoms with van der Waals surface area (Å²) in [5.74, 6) is 0.252. The van der Waals surface area contributed by atoms with Crippen LogP contribution in [0.3, 0.4) is 0 Å². The van der Waals surface area contributed by atoms with E-state index in [0.717, 1.165) is 4.70 Å². The lowest BCUT2D eigenvalue weighted by molar-refractivity contribution is 0.0703. The molecule has 0 bridgehead atoms. The lowest BCUT2D eigenvalue weighted by Gasteiger charge is -2.33. The molecular formula is C21H21FN2O5S2. The fourth-order valence-corrected chi connectivity index (χ4v) is 5.98. The third kappa shape index (κ3) is 4.10. The minimum atomic E-state index is -3.74. The van der Waals surface area contributed by atoms with Crippen LogP contribution in [-0.4, -0.2) is 63.9 Å². The second-order valence-electron chi connectivity index (χ2n) is 7.01. The standard InChI is InChI=1S/C21H21FN2O5S2/c1-28-17-5-4-16(13-18(17)29-2)31(26,27)24-9-7-23(8-10-24)21(25)20-12-14-11-15(22)3-6-19(14)30-20/h3-6,11-13H,7-10H2,1-2H3. The normalized spacial score (nSPS) is 15.3. The van der Waals surface area contributed by atoms with E-state index in [-0.39, 0.29) is 42.8 Å². The molecule has 0 atom stereocenters. The Bertz CT molecular complexity index is 1230. The van der Waals surface area contributed by atoms with Gasteiger partial charge in [0, 0.05) is 36.9 Å². The molecule has 0 N–H and O–H groups in total. The first-order valence-corrected chi connectivity index (χ1v) is 11.8. The third-order valence-electron chi connectivity index (χ3n) is 5.21. The predicted molar refractivity (Wildman–Crippen MR) is 116 cm³/mol. The predicted octanol–water partition coefficient (Wildman–Crippen LogP) is 3.20. The van der Waals surface area contributed by atoms with Crippen molar-refractivity contribution in [1.82, 2.24) is 9.21 Å². The van der Waals surface area contributed by atoms with Crippen LogP contribution < -0.4 is 9.47 Å². The lowest BCUT2D eigenvalue weighted by atomic mass is 10.2. The zero-order valence-electron chi connectivity index (χ0n) is 17.0. The van der Waals surface area contributed by atoms with Gasteiger partial charge in [0.2, 0.25) is 10.0 Å². The van der Waals surface area contributed by atoms with Gasteiger partial charge < -0.3 is 14.4 Å². The number of ether oxygens (including phenoxy) is 2. The van der Waals surface area contributed by atoms with Crippen molar-refractivity contribution in [3.05, 3.63) is 53.2 Å². The number of methoxy groups -OCH3 is 2. The monoisotopic (exact) mass is 464 g/mol. The maximum atomic E-state index is 13.4. The first-order chi connectivity index (χ1) is 14.8. The molecule has 4 rings (SSSR count). The van der Waals surface area contributed by atoms with Crippen LogP contribution in [0.2, 0.25) is 0 Å². The Hall–Kier alpha value is -2.69. The first kappa shape index (κ1) is 21.5. The van der Waals surface area contributed by atoms with Crippen molar-refractivity contribution in [3.63, 3.8) is 0 Å². The average Bonchev–Trinajstić information content (AvgIpc) is 3.21. The van der Waals surface area contributed by atoms with E-state index >= 15 is 0 Å². The number of benzene rings is 2. The van der Waals surface area contributed by atoms with E-state index in [9.17, 15) is 17.6 Å². The van der Waals surface area contributed by atoms with Gasteiger partial charge >= 0.3 is 0 Å². The lowest BCUT2D eigenvalue weighted by Crippen LogP contribution is -2.50. The molecule has 2 aromatic carbocycles. The summed E-state index contributed by atoms with van der Waals surface area (Å²) in [5.41, 5.74) is 0. The van der Waals surface area contributed by atoms with Crippen molar-refractivity contribution in [2.24, 2.45) is 0 Å². The number of amides is 1. The van der Waals surface area contributed by atoms with Crippen LogP contribution in [0.15, 0.2) is 47.4 Å². The minimum Gasteiger partial charge on any atom is -0.493 e. The number of sulfonamides is 1.